The summed E-state index contributed by atoms with van der Waals surface area (Å²) in [6.07, 6.45) is -3.16. The standard InChI is InChI=1S/C27H28ClF3N4O4/c1-33(15-20-5-3-2-4-6-20)24(36)13-26(19-38-23-9-7-22(28)8-10-23)18-34(11-12-39-26)25(37)17-35-16-21(14-32-35)27(29,30)31/h2-10,14,16H,11-13,15,17-19H2,1H3/t26-/m0/s1. The molecule has 12 heteroatoms. The number of benzene rings is 2. The highest BCUT2D eigenvalue weighted by Gasteiger charge is 2.42. The molecule has 2 amide bonds. The second-order valence-electron chi connectivity index (χ2n) is 9.43. The van der Waals surface area contributed by atoms with E-state index in [1.807, 2.05) is 30.3 Å². The topological polar surface area (TPSA) is 76.9 Å². The van der Waals surface area contributed by atoms with Crippen LogP contribution in [0.2, 0.25) is 5.02 Å². The van der Waals surface area contributed by atoms with E-state index in [2.05, 4.69) is 5.10 Å². The summed E-state index contributed by atoms with van der Waals surface area (Å²) in [5, 5.41) is 4.20. The maximum Gasteiger partial charge on any atom is 0.419 e. The molecule has 1 fully saturated rings. The molecule has 2 heterocycles. The highest BCUT2D eigenvalue weighted by molar-refractivity contribution is 6.30. The lowest BCUT2D eigenvalue weighted by molar-refractivity contribution is -0.166. The van der Waals surface area contributed by atoms with Gasteiger partial charge in [-0.15, -0.1) is 0 Å². The normalized spacial score (nSPS) is 17.6. The Labute approximate surface area is 228 Å². The molecule has 0 spiro atoms. The largest absolute Gasteiger partial charge is 0.490 e. The zero-order chi connectivity index (χ0) is 28.0. The molecule has 0 unspecified atom stereocenters. The number of alkyl halides is 3. The van der Waals surface area contributed by atoms with Gasteiger partial charge in [0.1, 0.15) is 24.5 Å². The van der Waals surface area contributed by atoms with Crippen LogP contribution in [-0.4, -0.2) is 70.3 Å². The van der Waals surface area contributed by atoms with Gasteiger partial charge in [0.15, 0.2) is 0 Å². The molecule has 1 atom stereocenters. The van der Waals surface area contributed by atoms with Crippen molar-refractivity contribution in [2.75, 3.05) is 33.4 Å². The Morgan fingerprint density at radius 2 is 1.87 bits per heavy atom. The minimum absolute atomic E-state index is 0.0116. The minimum atomic E-state index is -4.56. The van der Waals surface area contributed by atoms with Crippen LogP contribution in [0.15, 0.2) is 67.0 Å². The summed E-state index contributed by atoms with van der Waals surface area (Å²) in [4.78, 5) is 29.4. The summed E-state index contributed by atoms with van der Waals surface area (Å²) in [6, 6.07) is 16.2. The Hall–Kier alpha value is -3.57. The fourth-order valence-electron chi connectivity index (χ4n) is 4.24. The van der Waals surface area contributed by atoms with Gasteiger partial charge in [0.2, 0.25) is 11.8 Å². The van der Waals surface area contributed by atoms with Crippen molar-refractivity contribution in [1.82, 2.24) is 19.6 Å². The molecule has 0 saturated carbocycles. The number of ether oxygens (including phenoxy) is 2. The SMILES string of the molecule is CN(Cc1ccccc1)C(=O)C[C@@]1(COc2ccc(Cl)cc2)CN(C(=O)Cn2cc(C(F)(F)F)cn2)CCO1. The second-order valence-corrected chi connectivity index (χ2v) is 9.86. The summed E-state index contributed by atoms with van der Waals surface area (Å²) in [5.41, 5.74) is -1.16. The molecule has 0 radical (unpaired) electrons. The Balaban J connectivity index is 1.48. The third-order valence-corrected chi connectivity index (χ3v) is 6.59. The maximum atomic E-state index is 13.3. The maximum absolute atomic E-state index is 13.3. The summed E-state index contributed by atoms with van der Waals surface area (Å²) in [5.74, 6) is -0.155. The Kier molecular flexibility index (Phi) is 8.81. The number of amides is 2. The van der Waals surface area contributed by atoms with E-state index in [9.17, 15) is 22.8 Å². The predicted octanol–water partition coefficient (Wildman–Crippen LogP) is 4.28. The first kappa shape index (κ1) is 28.4. The molecule has 1 aliphatic rings. The first-order valence-electron chi connectivity index (χ1n) is 12.2. The fraction of sp³-hybridized carbons (Fsp3) is 0.370. The van der Waals surface area contributed by atoms with Crippen LogP contribution in [0.3, 0.4) is 0 Å². The van der Waals surface area contributed by atoms with E-state index < -0.39 is 23.2 Å². The van der Waals surface area contributed by atoms with Crippen molar-refractivity contribution in [2.45, 2.75) is 31.3 Å². The van der Waals surface area contributed by atoms with E-state index in [0.717, 1.165) is 16.4 Å². The molecule has 0 bridgehead atoms. The smallest absolute Gasteiger partial charge is 0.419 e. The number of nitrogens with zero attached hydrogens (tertiary/aromatic N) is 4. The van der Waals surface area contributed by atoms with E-state index in [4.69, 9.17) is 21.1 Å². The molecule has 1 aromatic heterocycles. The van der Waals surface area contributed by atoms with Crippen LogP contribution in [0.5, 0.6) is 5.75 Å². The van der Waals surface area contributed by atoms with E-state index in [1.165, 1.54) is 4.90 Å². The zero-order valence-corrected chi connectivity index (χ0v) is 22.0. The van der Waals surface area contributed by atoms with Crippen molar-refractivity contribution in [2.24, 2.45) is 0 Å². The van der Waals surface area contributed by atoms with E-state index in [-0.39, 0.29) is 45.2 Å². The van der Waals surface area contributed by atoms with Gasteiger partial charge in [-0.3, -0.25) is 14.3 Å². The number of morpholine rings is 1. The Morgan fingerprint density at radius 3 is 2.54 bits per heavy atom. The van der Waals surface area contributed by atoms with Gasteiger partial charge >= 0.3 is 6.18 Å². The number of hydrogen-bond donors (Lipinski definition) is 0. The average molecular weight is 565 g/mol. The van der Waals surface area contributed by atoms with Gasteiger partial charge in [-0.05, 0) is 29.8 Å². The first-order valence-corrected chi connectivity index (χ1v) is 12.6. The van der Waals surface area contributed by atoms with Crippen molar-refractivity contribution in [3.63, 3.8) is 0 Å². The van der Waals surface area contributed by atoms with Crippen LogP contribution in [0.4, 0.5) is 13.2 Å². The molecule has 0 N–H and O–H groups in total. The van der Waals surface area contributed by atoms with Gasteiger partial charge in [0, 0.05) is 31.4 Å². The van der Waals surface area contributed by atoms with Crippen LogP contribution in [-0.2, 0) is 33.6 Å². The molecule has 208 valence electrons. The van der Waals surface area contributed by atoms with Gasteiger partial charge in [-0.2, -0.15) is 18.3 Å². The second kappa shape index (κ2) is 12.1. The van der Waals surface area contributed by atoms with Crippen molar-refractivity contribution < 1.29 is 32.2 Å². The van der Waals surface area contributed by atoms with E-state index >= 15 is 0 Å². The molecule has 0 aliphatic carbocycles. The van der Waals surface area contributed by atoms with Crippen LogP contribution >= 0.6 is 11.6 Å². The Bertz CT molecular complexity index is 1270. The van der Waals surface area contributed by atoms with Gasteiger partial charge in [0.25, 0.3) is 0 Å². The fourth-order valence-corrected chi connectivity index (χ4v) is 4.37. The highest BCUT2D eigenvalue weighted by Crippen LogP contribution is 2.29. The summed E-state index contributed by atoms with van der Waals surface area (Å²) >= 11 is 5.96. The molecule has 39 heavy (non-hydrogen) atoms. The zero-order valence-electron chi connectivity index (χ0n) is 21.2. The minimum Gasteiger partial charge on any atom is -0.490 e. The average Bonchev–Trinajstić information content (AvgIpc) is 3.38. The van der Waals surface area contributed by atoms with Crippen molar-refractivity contribution >= 4 is 23.4 Å². The molecule has 1 saturated heterocycles. The molecule has 3 aromatic rings. The third-order valence-electron chi connectivity index (χ3n) is 6.34. The molecular weight excluding hydrogens is 537 g/mol. The van der Waals surface area contributed by atoms with Gasteiger partial charge in [0.05, 0.1) is 31.3 Å². The summed E-state index contributed by atoms with van der Waals surface area (Å²) in [7, 11) is 1.69. The lowest BCUT2D eigenvalue weighted by Crippen LogP contribution is -2.58. The molecular formula is C27H28ClF3N4O4. The van der Waals surface area contributed by atoms with Gasteiger partial charge in [-0.25, -0.2) is 0 Å². The molecule has 1 aliphatic heterocycles. The number of halogens is 4. The van der Waals surface area contributed by atoms with Crippen molar-refractivity contribution in [3.8, 4) is 5.75 Å². The van der Waals surface area contributed by atoms with E-state index in [1.54, 1.807) is 36.2 Å². The van der Waals surface area contributed by atoms with Crippen LogP contribution in [0.25, 0.3) is 0 Å². The third kappa shape index (κ3) is 7.73. The number of hydrogen-bond acceptors (Lipinski definition) is 5. The lowest BCUT2D eigenvalue weighted by Gasteiger charge is -2.42. The van der Waals surface area contributed by atoms with Crippen LogP contribution in [0, 0.1) is 0 Å². The molecule has 8 nitrogen and oxygen atoms in total. The molecule has 4 rings (SSSR count). The number of carbonyl (C=O) groups is 2. The number of carbonyl (C=O) groups excluding carboxylic acids is 2. The van der Waals surface area contributed by atoms with Crippen molar-refractivity contribution in [3.05, 3.63) is 83.1 Å². The highest BCUT2D eigenvalue weighted by atomic mass is 35.5. The van der Waals surface area contributed by atoms with Crippen LogP contribution in [0.1, 0.15) is 17.5 Å². The summed E-state index contributed by atoms with van der Waals surface area (Å²) in [6.45, 7) is 0.311. The number of rotatable bonds is 9. The quantitative estimate of drug-likeness (QED) is 0.388. The molecule has 2 aromatic carbocycles. The first-order chi connectivity index (χ1) is 18.5. The van der Waals surface area contributed by atoms with Gasteiger partial charge < -0.3 is 19.3 Å². The van der Waals surface area contributed by atoms with Gasteiger partial charge in [-0.1, -0.05) is 41.9 Å². The predicted molar refractivity (Wildman–Crippen MR) is 137 cm³/mol. The summed E-state index contributed by atoms with van der Waals surface area (Å²) < 4.78 is 51.8. The van der Waals surface area contributed by atoms with Crippen LogP contribution < -0.4 is 4.74 Å². The van der Waals surface area contributed by atoms with Crippen molar-refractivity contribution in [1.29, 1.82) is 0 Å². The Morgan fingerprint density at radius 1 is 1.15 bits per heavy atom. The number of aromatic nitrogens is 2. The lowest BCUT2D eigenvalue weighted by atomic mass is 9.96. The monoisotopic (exact) mass is 564 g/mol. The van der Waals surface area contributed by atoms with E-state index in [0.29, 0.717) is 23.5 Å².